The van der Waals surface area contributed by atoms with E-state index in [1.54, 1.807) is 6.07 Å². The molecule has 2 N–H and O–H groups in total. The maximum Gasteiger partial charge on any atom is 0.165 e. The summed E-state index contributed by atoms with van der Waals surface area (Å²) in [5.41, 5.74) is 7.06. The normalized spacial score (nSPS) is 25.9. The monoisotopic (exact) mass is 238 g/mol. The van der Waals surface area contributed by atoms with E-state index in [9.17, 15) is 4.39 Å². The third-order valence-corrected chi connectivity index (χ3v) is 3.47. The highest BCUT2D eigenvalue weighted by molar-refractivity contribution is 5.32. The molecule has 1 aromatic carbocycles. The van der Waals surface area contributed by atoms with E-state index in [0.717, 1.165) is 24.9 Å². The zero-order valence-electron chi connectivity index (χ0n) is 10.3. The predicted octanol–water partition coefficient (Wildman–Crippen LogP) is 1.93. The second-order valence-electron chi connectivity index (χ2n) is 4.67. The Labute approximate surface area is 101 Å². The number of likely N-dealkylation sites (tertiary alicyclic amines) is 1. The third-order valence-electron chi connectivity index (χ3n) is 3.47. The first-order valence-electron chi connectivity index (χ1n) is 5.91. The van der Waals surface area contributed by atoms with Crippen molar-refractivity contribution in [2.24, 2.45) is 5.73 Å². The summed E-state index contributed by atoms with van der Waals surface area (Å²) in [5, 5.41) is 0. The van der Waals surface area contributed by atoms with Gasteiger partial charge in [0.1, 0.15) is 0 Å². The fourth-order valence-corrected chi connectivity index (χ4v) is 2.38. The van der Waals surface area contributed by atoms with Gasteiger partial charge in [0.25, 0.3) is 0 Å². The molecule has 0 aromatic heterocycles. The van der Waals surface area contributed by atoms with Crippen molar-refractivity contribution in [3.8, 4) is 5.75 Å². The van der Waals surface area contributed by atoms with Crippen molar-refractivity contribution in [2.75, 3.05) is 20.7 Å². The fourth-order valence-electron chi connectivity index (χ4n) is 2.38. The van der Waals surface area contributed by atoms with Crippen LogP contribution in [0.15, 0.2) is 18.2 Å². The van der Waals surface area contributed by atoms with E-state index in [2.05, 4.69) is 11.9 Å². The second-order valence-corrected chi connectivity index (χ2v) is 4.67. The number of piperidine rings is 1. The second kappa shape index (κ2) is 5.02. The molecule has 1 heterocycles. The van der Waals surface area contributed by atoms with E-state index in [-0.39, 0.29) is 17.9 Å². The molecule has 0 bridgehead atoms. The average Bonchev–Trinajstić information content (AvgIpc) is 2.33. The van der Waals surface area contributed by atoms with E-state index in [0.29, 0.717) is 5.75 Å². The van der Waals surface area contributed by atoms with Crippen LogP contribution in [0.1, 0.15) is 24.4 Å². The summed E-state index contributed by atoms with van der Waals surface area (Å²) in [4.78, 5) is 2.26. The molecule has 1 saturated heterocycles. The molecule has 3 nitrogen and oxygen atoms in total. The average molecular weight is 238 g/mol. The van der Waals surface area contributed by atoms with Crippen LogP contribution >= 0.6 is 0 Å². The smallest absolute Gasteiger partial charge is 0.165 e. The summed E-state index contributed by atoms with van der Waals surface area (Å²) < 4.78 is 18.4. The molecule has 2 rings (SSSR count). The Kier molecular flexibility index (Phi) is 3.64. The predicted molar refractivity (Wildman–Crippen MR) is 65.5 cm³/mol. The van der Waals surface area contributed by atoms with Gasteiger partial charge in [-0.05, 0) is 44.1 Å². The molecule has 1 fully saturated rings. The van der Waals surface area contributed by atoms with Crippen LogP contribution < -0.4 is 10.5 Å². The fraction of sp³-hybridized carbons (Fsp3) is 0.538. The Balaban J connectivity index is 2.26. The Morgan fingerprint density at radius 3 is 2.94 bits per heavy atom. The van der Waals surface area contributed by atoms with E-state index in [1.165, 1.54) is 13.2 Å². The van der Waals surface area contributed by atoms with Crippen LogP contribution in [-0.2, 0) is 0 Å². The van der Waals surface area contributed by atoms with Gasteiger partial charge in [-0.15, -0.1) is 0 Å². The summed E-state index contributed by atoms with van der Waals surface area (Å²) in [6.07, 6.45) is 1.93. The summed E-state index contributed by atoms with van der Waals surface area (Å²) in [5.74, 6) is -0.0194. The van der Waals surface area contributed by atoms with E-state index < -0.39 is 0 Å². The molecular formula is C13H19FN2O. The van der Waals surface area contributed by atoms with E-state index >= 15 is 0 Å². The van der Waals surface area contributed by atoms with Gasteiger partial charge in [0.05, 0.1) is 7.11 Å². The van der Waals surface area contributed by atoms with Crippen LogP contribution in [-0.4, -0.2) is 31.6 Å². The topological polar surface area (TPSA) is 38.5 Å². The van der Waals surface area contributed by atoms with Crippen molar-refractivity contribution in [3.05, 3.63) is 29.6 Å². The number of hydrogen-bond acceptors (Lipinski definition) is 3. The lowest BCUT2D eigenvalue weighted by molar-refractivity contribution is 0.171. The van der Waals surface area contributed by atoms with E-state index in [1.807, 2.05) is 6.07 Å². The molecule has 0 amide bonds. The summed E-state index contributed by atoms with van der Waals surface area (Å²) >= 11 is 0. The summed E-state index contributed by atoms with van der Waals surface area (Å²) in [6.45, 7) is 0.978. The third kappa shape index (κ3) is 2.58. The molecule has 0 spiro atoms. The first-order valence-corrected chi connectivity index (χ1v) is 5.91. The molecule has 0 aliphatic carbocycles. The molecule has 2 atom stereocenters. The Morgan fingerprint density at radius 2 is 2.24 bits per heavy atom. The first kappa shape index (κ1) is 12.3. The molecule has 1 aromatic rings. The van der Waals surface area contributed by atoms with Crippen molar-refractivity contribution in [1.82, 2.24) is 4.90 Å². The number of nitrogens with two attached hydrogens (primary N) is 1. The van der Waals surface area contributed by atoms with Crippen LogP contribution in [0.5, 0.6) is 5.75 Å². The molecule has 0 radical (unpaired) electrons. The number of benzene rings is 1. The van der Waals surface area contributed by atoms with Crippen LogP contribution in [0.25, 0.3) is 0 Å². The zero-order valence-corrected chi connectivity index (χ0v) is 10.3. The van der Waals surface area contributed by atoms with Gasteiger partial charge in [-0.25, -0.2) is 4.39 Å². The molecule has 1 aliphatic rings. The van der Waals surface area contributed by atoms with Crippen molar-refractivity contribution in [3.63, 3.8) is 0 Å². The molecule has 0 saturated carbocycles. The van der Waals surface area contributed by atoms with Gasteiger partial charge in [0.2, 0.25) is 0 Å². The number of nitrogens with zero attached hydrogens (tertiary/aromatic N) is 1. The van der Waals surface area contributed by atoms with Crippen LogP contribution in [0.3, 0.4) is 0 Å². The molecule has 1 aliphatic heterocycles. The van der Waals surface area contributed by atoms with Crippen LogP contribution in [0.4, 0.5) is 4.39 Å². The minimum absolute atomic E-state index is 0.229. The lowest BCUT2D eigenvalue weighted by Crippen LogP contribution is -2.39. The number of hydrogen-bond donors (Lipinski definition) is 1. The summed E-state index contributed by atoms with van der Waals surface area (Å²) in [7, 11) is 3.56. The Hall–Kier alpha value is -1.13. The zero-order chi connectivity index (χ0) is 12.4. The van der Waals surface area contributed by atoms with Crippen LogP contribution in [0.2, 0.25) is 0 Å². The van der Waals surface area contributed by atoms with Crippen molar-refractivity contribution >= 4 is 0 Å². The highest BCUT2D eigenvalue weighted by atomic mass is 19.1. The Morgan fingerprint density at radius 1 is 1.47 bits per heavy atom. The largest absolute Gasteiger partial charge is 0.494 e. The van der Waals surface area contributed by atoms with Gasteiger partial charge >= 0.3 is 0 Å². The first-order chi connectivity index (χ1) is 8.11. The lowest BCUT2D eigenvalue weighted by Gasteiger charge is -2.36. The number of halogens is 1. The van der Waals surface area contributed by atoms with Gasteiger partial charge in [-0.1, -0.05) is 6.07 Å². The standard InChI is InChI=1S/C13H19FN2O/c1-16-6-5-10(15)8-12(16)9-3-4-11(14)13(7-9)17-2/h3-4,7,10,12H,5-6,8,15H2,1-2H3. The highest BCUT2D eigenvalue weighted by Gasteiger charge is 2.25. The number of ether oxygens (including phenoxy) is 1. The van der Waals surface area contributed by atoms with Crippen molar-refractivity contribution < 1.29 is 9.13 Å². The summed E-state index contributed by atoms with van der Waals surface area (Å²) in [6, 6.07) is 5.54. The Bertz CT molecular complexity index is 397. The molecule has 2 unspecified atom stereocenters. The van der Waals surface area contributed by atoms with Gasteiger partial charge in [0, 0.05) is 12.1 Å². The minimum atomic E-state index is -0.320. The van der Waals surface area contributed by atoms with Gasteiger partial charge in [0.15, 0.2) is 11.6 Å². The highest BCUT2D eigenvalue weighted by Crippen LogP contribution is 2.31. The molecule has 17 heavy (non-hydrogen) atoms. The minimum Gasteiger partial charge on any atom is -0.494 e. The van der Waals surface area contributed by atoms with Crippen LogP contribution in [0, 0.1) is 5.82 Å². The maximum atomic E-state index is 13.3. The quantitative estimate of drug-likeness (QED) is 0.855. The lowest BCUT2D eigenvalue weighted by atomic mass is 9.92. The maximum absolute atomic E-state index is 13.3. The van der Waals surface area contributed by atoms with Crippen molar-refractivity contribution in [1.29, 1.82) is 0 Å². The molecule has 94 valence electrons. The van der Waals surface area contributed by atoms with Gasteiger partial charge < -0.3 is 10.5 Å². The number of methoxy groups -OCH3 is 1. The van der Waals surface area contributed by atoms with E-state index in [4.69, 9.17) is 10.5 Å². The molecular weight excluding hydrogens is 219 g/mol. The van der Waals surface area contributed by atoms with Crippen molar-refractivity contribution in [2.45, 2.75) is 24.9 Å². The molecule has 4 heteroatoms. The number of rotatable bonds is 2. The van der Waals surface area contributed by atoms with Gasteiger partial charge in [-0.2, -0.15) is 0 Å². The SMILES string of the molecule is COc1cc(C2CC(N)CCN2C)ccc1F. The van der Waals surface area contributed by atoms with Gasteiger partial charge in [-0.3, -0.25) is 4.90 Å².